The molecule has 0 unspecified atom stereocenters. The fourth-order valence-electron chi connectivity index (χ4n) is 1.81. The van der Waals surface area contributed by atoms with Crippen molar-refractivity contribution in [3.8, 4) is 0 Å². The van der Waals surface area contributed by atoms with Crippen LogP contribution >= 0.6 is 0 Å². The third-order valence-corrected chi connectivity index (χ3v) is 2.92. The quantitative estimate of drug-likeness (QED) is 0.850. The second-order valence-electron chi connectivity index (χ2n) is 4.56. The van der Waals surface area contributed by atoms with E-state index in [4.69, 9.17) is 5.73 Å². The average molecular weight is 331 g/mol. The molecule has 0 spiro atoms. The molecule has 0 saturated heterocycles. The lowest BCUT2D eigenvalue weighted by Gasteiger charge is -2.12. The van der Waals surface area contributed by atoms with Crippen molar-refractivity contribution in [1.82, 2.24) is 10.3 Å². The van der Waals surface area contributed by atoms with E-state index in [2.05, 4.69) is 10.3 Å². The second kappa shape index (κ2) is 6.19. The van der Waals surface area contributed by atoms with Crippen LogP contribution in [0.2, 0.25) is 0 Å². The first-order chi connectivity index (χ1) is 10.7. The Morgan fingerprint density at radius 1 is 1.17 bits per heavy atom. The summed E-state index contributed by atoms with van der Waals surface area (Å²) in [5.74, 6) is -4.59. The molecule has 2 rings (SSSR count). The summed E-state index contributed by atoms with van der Waals surface area (Å²) in [5, 5.41) is 2.22. The van der Waals surface area contributed by atoms with E-state index in [1.807, 2.05) is 0 Å². The van der Waals surface area contributed by atoms with E-state index in [1.54, 1.807) is 0 Å². The maximum absolute atomic E-state index is 13.8. The lowest BCUT2D eigenvalue weighted by Crippen LogP contribution is -2.25. The topological polar surface area (TPSA) is 68.0 Å². The third-order valence-electron chi connectivity index (χ3n) is 2.92. The van der Waals surface area contributed by atoms with Crippen molar-refractivity contribution in [3.05, 3.63) is 58.8 Å². The molecule has 23 heavy (non-hydrogen) atoms. The molecule has 0 saturated carbocycles. The molecular weight excluding hydrogens is 321 g/mol. The SMILES string of the molecule is Nc1ccc(CNC(=O)c2ccc(F)c(C(F)(F)F)c2F)cn1. The number of hydrogen-bond acceptors (Lipinski definition) is 3. The summed E-state index contributed by atoms with van der Waals surface area (Å²) in [4.78, 5) is 15.6. The summed E-state index contributed by atoms with van der Waals surface area (Å²) in [5.41, 5.74) is 2.88. The first-order valence-corrected chi connectivity index (χ1v) is 6.24. The number of anilines is 1. The van der Waals surface area contributed by atoms with Gasteiger partial charge in [0.15, 0.2) is 5.82 Å². The number of halogens is 5. The highest BCUT2D eigenvalue weighted by molar-refractivity contribution is 5.94. The average Bonchev–Trinajstić information content (AvgIpc) is 2.45. The minimum absolute atomic E-state index is 0.107. The Morgan fingerprint density at radius 3 is 2.43 bits per heavy atom. The predicted octanol–water partition coefficient (Wildman–Crippen LogP) is 2.89. The number of nitrogens with one attached hydrogen (secondary N) is 1. The van der Waals surface area contributed by atoms with Gasteiger partial charge in [-0.1, -0.05) is 6.07 Å². The number of nitrogen functional groups attached to an aromatic ring is 1. The number of carbonyl (C=O) groups is 1. The number of benzene rings is 1. The molecule has 3 N–H and O–H groups in total. The third kappa shape index (κ3) is 3.74. The molecule has 0 fully saturated rings. The molecule has 0 aliphatic rings. The Labute approximate surface area is 127 Å². The molecule has 0 radical (unpaired) electrons. The van der Waals surface area contributed by atoms with Gasteiger partial charge in [0.1, 0.15) is 17.2 Å². The Kier molecular flexibility index (Phi) is 4.48. The summed E-state index contributed by atoms with van der Waals surface area (Å²) in [6.45, 7) is -0.107. The number of alkyl halides is 3. The van der Waals surface area contributed by atoms with E-state index in [1.165, 1.54) is 18.3 Å². The van der Waals surface area contributed by atoms with Gasteiger partial charge in [-0.3, -0.25) is 4.79 Å². The van der Waals surface area contributed by atoms with Crippen molar-refractivity contribution in [2.24, 2.45) is 0 Å². The van der Waals surface area contributed by atoms with Crippen LogP contribution in [0.1, 0.15) is 21.5 Å². The van der Waals surface area contributed by atoms with Crippen LogP contribution in [0.25, 0.3) is 0 Å². The van der Waals surface area contributed by atoms with Crippen molar-refractivity contribution in [1.29, 1.82) is 0 Å². The second-order valence-corrected chi connectivity index (χ2v) is 4.56. The molecule has 1 aromatic heterocycles. The van der Waals surface area contributed by atoms with E-state index in [0.29, 0.717) is 17.7 Å². The summed E-state index contributed by atoms with van der Waals surface area (Å²) < 4.78 is 64.8. The number of hydrogen-bond donors (Lipinski definition) is 2. The van der Waals surface area contributed by atoms with Gasteiger partial charge < -0.3 is 11.1 Å². The van der Waals surface area contributed by atoms with Crippen molar-refractivity contribution in [3.63, 3.8) is 0 Å². The zero-order valence-corrected chi connectivity index (χ0v) is 11.4. The lowest BCUT2D eigenvalue weighted by molar-refractivity contribution is -0.142. The van der Waals surface area contributed by atoms with Crippen molar-refractivity contribution < 1.29 is 26.7 Å². The molecule has 0 bridgehead atoms. The van der Waals surface area contributed by atoms with Gasteiger partial charge in [-0.2, -0.15) is 13.2 Å². The molecule has 122 valence electrons. The molecule has 9 heteroatoms. The van der Waals surface area contributed by atoms with Gasteiger partial charge in [-0.05, 0) is 23.8 Å². The standard InChI is InChI=1S/C14H10F5N3O/c15-9-3-2-8(12(16)11(9)14(17,18)19)13(23)22-6-7-1-4-10(20)21-5-7/h1-5H,6H2,(H2,20,21)(H,22,23). The van der Waals surface area contributed by atoms with E-state index in [-0.39, 0.29) is 12.4 Å². The first-order valence-electron chi connectivity index (χ1n) is 6.24. The van der Waals surface area contributed by atoms with Gasteiger partial charge in [0.05, 0.1) is 5.56 Å². The maximum Gasteiger partial charge on any atom is 0.422 e. The van der Waals surface area contributed by atoms with Crippen LogP contribution in [-0.2, 0) is 12.7 Å². The number of rotatable bonds is 3. The Morgan fingerprint density at radius 2 is 1.87 bits per heavy atom. The number of nitrogens with two attached hydrogens (primary N) is 1. The predicted molar refractivity (Wildman–Crippen MR) is 71.2 cm³/mol. The zero-order valence-electron chi connectivity index (χ0n) is 11.4. The number of aromatic nitrogens is 1. The number of pyridine rings is 1. The van der Waals surface area contributed by atoms with E-state index in [9.17, 15) is 26.7 Å². The van der Waals surface area contributed by atoms with Crippen LogP contribution in [0, 0.1) is 11.6 Å². The highest BCUT2D eigenvalue weighted by Gasteiger charge is 2.39. The summed E-state index contributed by atoms with van der Waals surface area (Å²) >= 11 is 0. The summed E-state index contributed by atoms with van der Waals surface area (Å²) in [7, 11) is 0. The number of amides is 1. The van der Waals surface area contributed by atoms with Gasteiger partial charge in [-0.25, -0.2) is 13.8 Å². The molecule has 1 aromatic carbocycles. The Bertz CT molecular complexity index is 728. The van der Waals surface area contributed by atoms with Crippen LogP contribution in [0.5, 0.6) is 0 Å². The van der Waals surface area contributed by atoms with Gasteiger partial charge in [-0.15, -0.1) is 0 Å². The largest absolute Gasteiger partial charge is 0.422 e. The van der Waals surface area contributed by atoms with E-state index in [0.717, 1.165) is 0 Å². The van der Waals surface area contributed by atoms with Gasteiger partial charge in [0.2, 0.25) is 0 Å². The van der Waals surface area contributed by atoms with Crippen LogP contribution in [0.4, 0.5) is 27.8 Å². The Balaban J connectivity index is 2.21. The summed E-state index contributed by atoms with van der Waals surface area (Å²) in [6.07, 6.45) is -3.90. The van der Waals surface area contributed by atoms with Crippen LogP contribution in [0.15, 0.2) is 30.5 Å². The maximum atomic E-state index is 13.8. The molecule has 4 nitrogen and oxygen atoms in total. The zero-order chi connectivity index (χ0) is 17.2. The monoisotopic (exact) mass is 331 g/mol. The molecule has 1 amide bonds. The summed E-state index contributed by atoms with van der Waals surface area (Å²) in [6, 6.07) is 4.04. The fraction of sp³-hybridized carbons (Fsp3) is 0.143. The fourth-order valence-corrected chi connectivity index (χ4v) is 1.81. The highest BCUT2D eigenvalue weighted by Crippen LogP contribution is 2.34. The smallest absolute Gasteiger partial charge is 0.384 e. The Hall–Kier alpha value is -2.71. The van der Waals surface area contributed by atoms with E-state index >= 15 is 0 Å². The lowest BCUT2D eigenvalue weighted by atomic mass is 10.1. The molecule has 2 aromatic rings. The van der Waals surface area contributed by atoms with Crippen LogP contribution in [0.3, 0.4) is 0 Å². The first kappa shape index (κ1) is 16.7. The molecule has 0 aliphatic carbocycles. The minimum atomic E-state index is -5.24. The van der Waals surface area contributed by atoms with Crippen molar-refractivity contribution in [2.45, 2.75) is 12.7 Å². The molecule has 0 aliphatic heterocycles. The molecule has 0 atom stereocenters. The number of nitrogens with zero attached hydrogens (tertiary/aromatic N) is 1. The van der Waals surface area contributed by atoms with Gasteiger partial charge in [0.25, 0.3) is 5.91 Å². The van der Waals surface area contributed by atoms with Crippen molar-refractivity contribution >= 4 is 11.7 Å². The highest BCUT2D eigenvalue weighted by atomic mass is 19.4. The van der Waals surface area contributed by atoms with E-state index < -0.39 is 34.8 Å². The van der Waals surface area contributed by atoms with Crippen LogP contribution in [-0.4, -0.2) is 10.9 Å². The van der Waals surface area contributed by atoms with Gasteiger partial charge in [0, 0.05) is 12.7 Å². The molecule has 1 heterocycles. The normalized spacial score (nSPS) is 11.3. The van der Waals surface area contributed by atoms with Crippen LogP contribution < -0.4 is 11.1 Å². The number of carbonyl (C=O) groups excluding carboxylic acids is 1. The molecular formula is C14H10F5N3O. The minimum Gasteiger partial charge on any atom is -0.384 e. The van der Waals surface area contributed by atoms with Crippen molar-refractivity contribution in [2.75, 3.05) is 5.73 Å². The van der Waals surface area contributed by atoms with Gasteiger partial charge >= 0.3 is 6.18 Å².